The number of halogens is 1. The van der Waals surface area contributed by atoms with E-state index in [4.69, 9.17) is 5.11 Å². The van der Waals surface area contributed by atoms with Crippen LogP contribution in [0.2, 0.25) is 0 Å². The highest BCUT2D eigenvalue weighted by Crippen LogP contribution is 2.24. The van der Waals surface area contributed by atoms with E-state index in [1.54, 1.807) is 0 Å². The van der Waals surface area contributed by atoms with Crippen LogP contribution in [0.4, 0.5) is 0 Å². The fourth-order valence-electron chi connectivity index (χ4n) is 2.07. The van der Waals surface area contributed by atoms with Gasteiger partial charge in [-0.05, 0) is 25.3 Å². The molecule has 0 aromatic heterocycles. The van der Waals surface area contributed by atoms with Crippen LogP contribution in [0.15, 0.2) is 11.1 Å². The average Bonchev–Trinajstić information content (AvgIpc) is 2.01. The van der Waals surface area contributed by atoms with E-state index >= 15 is 0 Å². The minimum atomic E-state index is -0.717. The molecule has 3 nitrogen and oxygen atoms in total. The molecule has 0 aromatic rings. The Morgan fingerprint density at radius 3 is 2.86 bits per heavy atom. The van der Waals surface area contributed by atoms with Crippen LogP contribution in [0.25, 0.3) is 0 Å². The van der Waals surface area contributed by atoms with Gasteiger partial charge in [-0.2, -0.15) is 0 Å². The Hall–Kier alpha value is -0.350. The third kappa shape index (κ3) is 2.82. The molecule has 0 saturated carbocycles. The van der Waals surface area contributed by atoms with Gasteiger partial charge in [-0.25, -0.2) is 0 Å². The maximum absolute atomic E-state index is 11.1. The Morgan fingerprint density at radius 1 is 1.71 bits per heavy atom. The maximum atomic E-state index is 11.1. The molecule has 1 N–H and O–H groups in total. The third-order valence-corrected chi connectivity index (χ3v) is 2.92. The van der Waals surface area contributed by atoms with Crippen molar-refractivity contribution in [3.63, 3.8) is 0 Å². The molecule has 1 fully saturated rings. The van der Waals surface area contributed by atoms with Crippen molar-refractivity contribution in [1.29, 1.82) is 0 Å². The minimum Gasteiger partial charge on any atom is -0.480 e. The molecule has 0 radical (unpaired) electrons. The second kappa shape index (κ2) is 4.94. The number of hydrogen-bond acceptors (Lipinski definition) is 2. The van der Waals surface area contributed by atoms with E-state index in [0.717, 1.165) is 23.9 Å². The Kier molecular flexibility index (Phi) is 4.13. The number of likely N-dealkylation sites (tertiary alicyclic amines) is 1. The van der Waals surface area contributed by atoms with Crippen LogP contribution >= 0.6 is 15.9 Å². The molecular formula is C10H16BrNO2. The number of piperidine rings is 1. The van der Waals surface area contributed by atoms with E-state index in [9.17, 15) is 4.79 Å². The van der Waals surface area contributed by atoms with Crippen LogP contribution < -0.4 is 0 Å². The number of carbonyl (C=O) groups is 1. The predicted molar refractivity (Wildman–Crippen MR) is 59.5 cm³/mol. The molecule has 14 heavy (non-hydrogen) atoms. The van der Waals surface area contributed by atoms with Gasteiger partial charge in [0, 0.05) is 11.0 Å². The second-order valence-electron chi connectivity index (χ2n) is 3.89. The lowest BCUT2D eigenvalue weighted by Crippen LogP contribution is -2.49. The van der Waals surface area contributed by atoms with E-state index in [1.165, 1.54) is 0 Å². The summed E-state index contributed by atoms with van der Waals surface area (Å²) in [4.78, 5) is 13.0. The summed E-state index contributed by atoms with van der Waals surface area (Å²) in [5, 5.41) is 9.11. The minimum absolute atomic E-state index is 0.230. The molecule has 1 rings (SSSR count). The van der Waals surface area contributed by atoms with Crippen LogP contribution in [-0.4, -0.2) is 35.1 Å². The Bertz CT molecular complexity index is 242. The zero-order valence-corrected chi connectivity index (χ0v) is 9.96. The van der Waals surface area contributed by atoms with Gasteiger partial charge in [0.15, 0.2) is 0 Å². The molecule has 2 unspecified atom stereocenters. The highest BCUT2D eigenvalue weighted by molar-refractivity contribution is 9.11. The molecule has 1 heterocycles. The first-order valence-electron chi connectivity index (χ1n) is 4.82. The van der Waals surface area contributed by atoms with E-state index < -0.39 is 5.97 Å². The lowest BCUT2D eigenvalue weighted by atomic mass is 9.91. The SMILES string of the molecule is C=C(Br)CN1CCCC(C)C1C(=O)O. The first-order valence-corrected chi connectivity index (χ1v) is 5.62. The standard InChI is InChI=1S/C10H16BrNO2/c1-7-4-3-5-12(6-8(2)11)9(7)10(13)14/h7,9H,2-6H2,1H3,(H,13,14). The molecule has 2 atom stereocenters. The zero-order valence-electron chi connectivity index (χ0n) is 8.37. The first kappa shape index (κ1) is 11.7. The number of rotatable bonds is 3. The average molecular weight is 262 g/mol. The molecule has 0 aliphatic carbocycles. The molecule has 1 aliphatic rings. The van der Waals surface area contributed by atoms with E-state index in [1.807, 2.05) is 11.8 Å². The summed E-state index contributed by atoms with van der Waals surface area (Å²) in [6.45, 7) is 7.23. The lowest BCUT2D eigenvalue weighted by molar-refractivity contribution is -0.146. The maximum Gasteiger partial charge on any atom is 0.321 e. The van der Waals surface area contributed by atoms with Gasteiger partial charge in [0.25, 0.3) is 0 Å². The smallest absolute Gasteiger partial charge is 0.321 e. The summed E-state index contributed by atoms with van der Waals surface area (Å²) in [6, 6.07) is -0.349. The first-order chi connectivity index (χ1) is 6.52. The molecule has 80 valence electrons. The van der Waals surface area contributed by atoms with Crippen molar-refractivity contribution in [2.45, 2.75) is 25.8 Å². The van der Waals surface area contributed by atoms with Crippen molar-refractivity contribution < 1.29 is 9.90 Å². The van der Waals surface area contributed by atoms with Crippen molar-refractivity contribution in [1.82, 2.24) is 4.90 Å². The van der Waals surface area contributed by atoms with Gasteiger partial charge < -0.3 is 5.11 Å². The topological polar surface area (TPSA) is 40.5 Å². The summed E-state index contributed by atoms with van der Waals surface area (Å²) >= 11 is 3.28. The number of aliphatic carboxylic acids is 1. The number of hydrogen-bond donors (Lipinski definition) is 1. The molecule has 1 saturated heterocycles. The summed E-state index contributed by atoms with van der Waals surface area (Å²) in [7, 11) is 0. The molecule has 1 aliphatic heterocycles. The van der Waals surface area contributed by atoms with Gasteiger partial charge in [0.05, 0.1) is 0 Å². The summed E-state index contributed by atoms with van der Waals surface area (Å²) in [5.41, 5.74) is 0. The van der Waals surface area contributed by atoms with Crippen molar-refractivity contribution in [2.75, 3.05) is 13.1 Å². The van der Waals surface area contributed by atoms with Gasteiger partial charge in [0.2, 0.25) is 0 Å². The van der Waals surface area contributed by atoms with Crippen LogP contribution in [-0.2, 0) is 4.79 Å². The van der Waals surface area contributed by atoms with E-state index in [0.29, 0.717) is 6.54 Å². The molecule has 0 aromatic carbocycles. The van der Waals surface area contributed by atoms with Crippen molar-refractivity contribution in [3.05, 3.63) is 11.1 Å². The highest BCUT2D eigenvalue weighted by atomic mass is 79.9. The molecule has 0 bridgehead atoms. The Morgan fingerprint density at radius 2 is 2.36 bits per heavy atom. The van der Waals surface area contributed by atoms with E-state index in [-0.39, 0.29) is 12.0 Å². The van der Waals surface area contributed by atoms with Crippen LogP contribution in [0, 0.1) is 5.92 Å². The van der Waals surface area contributed by atoms with Crippen molar-refractivity contribution in [3.8, 4) is 0 Å². The normalized spacial score (nSPS) is 28.7. The zero-order chi connectivity index (χ0) is 10.7. The molecule has 0 spiro atoms. The highest BCUT2D eigenvalue weighted by Gasteiger charge is 2.33. The monoisotopic (exact) mass is 261 g/mol. The summed E-state index contributed by atoms with van der Waals surface area (Å²) in [5.74, 6) is -0.487. The molecule has 0 amide bonds. The lowest BCUT2D eigenvalue weighted by Gasteiger charge is -2.37. The van der Waals surface area contributed by atoms with Gasteiger partial charge in [-0.3, -0.25) is 9.69 Å². The Labute approximate surface area is 92.9 Å². The van der Waals surface area contributed by atoms with Gasteiger partial charge >= 0.3 is 5.97 Å². The van der Waals surface area contributed by atoms with Crippen molar-refractivity contribution >= 4 is 21.9 Å². The Balaban J connectivity index is 2.69. The number of carboxylic acids is 1. The second-order valence-corrected chi connectivity index (χ2v) is 5.01. The molecular weight excluding hydrogens is 246 g/mol. The van der Waals surface area contributed by atoms with Gasteiger partial charge in [-0.1, -0.05) is 29.4 Å². The fraction of sp³-hybridized carbons (Fsp3) is 0.700. The largest absolute Gasteiger partial charge is 0.480 e. The fourth-order valence-corrected chi connectivity index (χ4v) is 2.39. The number of carboxylic acid groups (broad SMARTS) is 1. The van der Waals surface area contributed by atoms with Crippen molar-refractivity contribution in [2.24, 2.45) is 5.92 Å². The predicted octanol–water partition coefficient (Wildman–Crippen LogP) is 2.08. The van der Waals surface area contributed by atoms with Crippen LogP contribution in [0.3, 0.4) is 0 Å². The molecule has 4 heteroatoms. The van der Waals surface area contributed by atoms with Gasteiger partial charge in [-0.15, -0.1) is 0 Å². The van der Waals surface area contributed by atoms with Crippen LogP contribution in [0.5, 0.6) is 0 Å². The summed E-state index contributed by atoms with van der Waals surface area (Å²) in [6.07, 6.45) is 2.08. The third-order valence-electron chi connectivity index (χ3n) is 2.66. The van der Waals surface area contributed by atoms with Gasteiger partial charge in [0.1, 0.15) is 6.04 Å². The summed E-state index contributed by atoms with van der Waals surface area (Å²) < 4.78 is 0.845. The number of nitrogens with zero attached hydrogens (tertiary/aromatic N) is 1. The quantitative estimate of drug-likeness (QED) is 0.846. The van der Waals surface area contributed by atoms with Crippen LogP contribution in [0.1, 0.15) is 19.8 Å². The van der Waals surface area contributed by atoms with E-state index in [2.05, 4.69) is 22.5 Å².